The van der Waals surface area contributed by atoms with Crippen molar-refractivity contribution < 1.29 is 24.2 Å². The van der Waals surface area contributed by atoms with Crippen molar-refractivity contribution in [1.29, 1.82) is 0 Å². The average molecular weight is 375 g/mol. The monoisotopic (exact) mass is 375 g/mol. The molecule has 2 aliphatic heterocycles. The number of carbonyl (C=O) groups is 3. The van der Waals surface area contributed by atoms with Crippen molar-refractivity contribution >= 4 is 29.3 Å². The number of rotatable bonds is 5. The van der Waals surface area contributed by atoms with Gasteiger partial charge in [0.25, 0.3) is 0 Å². The first-order chi connectivity index (χ1) is 13.0. The Morgan fingerprint density at radius 3 is 2.89 bits per heavy atom. The van der Waals surface area contributed by atoms with Crippen LogP contribution in [0.5, 0.6) is 0 Å². The molecule has 1 atom stereocenters. The van der Waals surface area contributed by atoms with Crippen molar-refractivity contribution in [2.45, 2.75) is 25.7 Å². The van der Waals surface area contributed by atoms with Gasteiger partial charge < -0.3 is 25.0 Å². The van der Waals surface area contributed by atoms with E-state index in [2.05, 4.69) is 5.32 Å². The Hall–Kier alpha value is -2.61. The van der Waals surface area contributed by atoms with Gasteiger partial charge in [-0.05, 0) is 43.0 Å². The number of nitrogens with zero attached hydrogens (tertiary/aromatic N) is 2. The number of hydrogen-bond donors (Lipinski definition) is 2. The number of aryl methyl sites for hydroxylation is 1. The van der Waals surface area contributed by atoms with E-state index in [1.54, 1.807) is 23.0 Å². The molecule has 0 aliphatic carbocycles. The number of fused-ring (bicyclic) bond motifs is 1. The number of amides is 3. The predicted molar refractivity (Wildman–Crippen MR) is 99.9 cm³/mol. The first kappa shape index (κ1) is 19.2. The highest BCUT2D eigenvalue weighted by molar-refractivity contribution is 5.97. The number of methoxy groups -OCH3 is 1. The van der Waals surface area contributed by atoms with Crippen molar-refractivity contribution in [3.8, 4) is 0 Å². The van der Waals surface area contributed by atoms with Crippen molar-refractivity contribution in [2.24, 2.45) is 5.92 Å². The molecular formula is C19H25N3O5. The lowest BCUT2D eigenvalue weighted by molar-refractivity contribution is -0.143. The van der Waals surface area contributed by atoms with Crippen LogP contribution in [0, 0.1) is 5.92 Å². The molecule has 0 bridgehead atoms. The first-order valence-corrected chi connectivity index (χ1v) is 9.20. The molecule has 3 amide bonds. The molecule has 2 N–H and O–H groups in total. The second-order valence-corrected chi connectivity index (χ2v) is 6.94. The zero-order valence-corrected chi connectivity index (χ0v) is 15.4. The van der Waals surface area contributed by atoms with Crippen molar-refractivity contribution in [1.82, 2.24) is 4.90 Å². The van der Waals surface area contributed by atoms with E-state index in [-0.39, 0.29) is 18.5 Å². The Labute approximate surface area is 158 Å². The zero-order valence-electron chi connectivity index (χ0n) is 15.4. The lowest BCUT2D eigenvalue weighted by Gasteiger charge is -2.31. The summed E-state index contributed by atoms with van der Waals surface area (Å²) >= 11 is 0. The van der Waals surface area contributed by atoms with Gasteiger partial charge in [-0.3, -0.25) is 9.59 Å². The van der Waals surface area contributed by atoms with E-state index in [1.807, 2.05) is 12.1 Å². The molecule has 1 aromatic carbocycles. The van der Waals surface area contributed by atoms with Crippen molar-refractivity contribution in [3.05, 3.63) is 23.8 Å². The molecule has 0 radical (unpaired) electrons. The van der Waals surface area contributed by atoms with Gasteiger partial charge in [-0.2, -0.15) is 0 Å². The number of aliphatic carboxylic acids is 1. The van der Waals surface area contributed by atoms with Gasteiger partial charge in [-0.15, -0.1) is 0 Å². The normalized spacial score (nSPS) is 19.6. The van der Waals surface area contributed by atoms with Crippen LogP contribution >= 0.6 is 0 Å². The molecular weight excluding hydrogens is 350 g/mol. The number of carbonyl (C=O) groups excluding carboxylic acids is 2. The molecule has 8 heteroatoms. The minimum atomic E-state index is -0.859. The predicted octanol–water partition coefficient (Wildman–Crippen LogP) is 1.94. The molecule has 0 saturated carbocycles. The van der Waals surface area contributed by atoms with Crippen molar-refractivity contribution in [3.63, 3.8) is 0 Å². The Balaban J connectivity index is 1.69. The minimum Gasteiger partial charge on any atom is -0.481 e. The lowest BCUT2D eigenvalue weighted by Crippen LogP contribution is -2.44. The summed E-state index contributed by atoms with van der Waals surface area (Å²) in [5.41, 5.74) is 2.51. The summed E-state index contributed by atoms with van der Waals surface area (Å²) < 4.78 is 5.08. The summed E-state index contributed by atoms with van der Waals surface area (Å²) in [6.07, 6.45) is 2.35. The topological polar surface area (TPSA) is 99.2 Å². The molecule has 3 rings (SSSR count). The van der Waals surface area contributed by atoms with E-state index in [9.17, 15) is 14.4 Å². The highest BCUT2D eigenvalue weighted by atomic mass is 16.5. The van der Waals surface area contributed by atoms with Gasteiger partial charge in [0.05, 0.1) is 12.5 Å². The molecule has 1 fully saturated rings. The van der Waals surface area contributed by atoms with Crippen LogP contribution < -0.4 is 10.2 Å². The first-order valence-electron chi connectivity index (χ1n) is 9.20. The van der Waals surface area contributed by atoms with Crippen LogP contribution in [0.4, 0.5) is 16.2 Å². The van der Waals surface area contributed by atoms with E-state index in [1.165, 1.54) is 0 Å². The zero-order chi connectivity index (χ0) is 19.4. The molecule has 27 heavy (non-hydrogen) atoms. The van der Waals surface area contributed by atoms with Gasteiger partial charge in [0.2, 0.25) is 5.91 Å². The SMILES string of the molecule is COCCN1C(=O)CCc2cc(NC(=O)N3CCCC(C(=O)O)C3)ccc21. The smallest absolute Gasteiger partial charge is 0.321 e. The third-order valence-corrected chi connectivity index (χ3v) is 5.11. The second kappa shape index (κ2) is 8.39. The number of nitrogens with one attached hydrogen (secondary N) is 1. The fraction of sp³-hybridized carbons (Fsp3) is 0.526. The molecule has 146 valence electrons. The van der Waals surface area contributed by atoms with Crippen molar-refractivity contribution in [2.75, 3.05) is 43.6 Å². The fourth-order valence-electron chi connectivity index (χ4n) is 3.63. The van der Waals surface area contributed by atoms with E-state index >= 15 is 0 Å². The second-order valence-electron chi connectivity index (χ2n) is 6.94. The number of hydrogen-bond acceptors (Lipinski definition) is 4. The van der Waals surface area contributed by atoms with Crippen LogP contribution in [0.15, 0.2) is 18.2 Å². The standard InChI is InChI=1S/C19H25N3O5/c1-27-10-9-22-16-6-5-15(11-13(16)4-7-17(22)23)20-19(26)21-8-2-3-14(12-21)18(24)25/h5-6,11,14H,2-4,7-10,12H2,1H3,(H,20,26)(H,24,25). The van der Waals surface area contributed by atoms with E-state index in [0.717, 1.165) is 11.3 Å². The van der Waals surface area contributed by atoms with Gasteiger partial charge in [0.1, 0.15) is 0 Å². The third-order valence-electron chi connectivity index (χ3n) is 5.11. The number of ether oxygens (including phenoxy) is 1. The highest BCUT2D eigenvalue weighted by Gasteiger charge is 2.29. The maximum Gasteiger partial charge on any atom is 0.321 e. The maximum absolute atomic E-state index is 12.5. The van der Waals surface area contributed by atoms with Gasteiger partial charge in [-0.1, -0.05) is 0 Å². The Morgan fingerprint density at radius 2 is 2.15 bits per heavy atom. The summed E-state index contributed by atoms with van der Waals surface area (Å²) in [6.45, 7) is 1.74. The lowest BCUT2D eigenvalue weighted by atomic mass is 9.98. The highest BCUT2D eigenvalue weighted by Crippen LogP contribution is 2.30. The van der Waals surface area contributed by atoms with Crippen LogP contribution in [0.1, 0.15) is 24.8 Å². The molecule has 2 aliphatic rings. The Morgan fingerprint density at radius 1 is 1.33 bits per heavy atom. The van der Waals surface area contributed by atoms with E-state index in [4.69, 9.17) is 9.84 Å². The molecule has 0 spiro atoms. The van der Waals surface area contributed by atoms with E-state index < -0.39 is 11.9 Å². The molecule has 8 nitrogen and oxygen atoms in total. The summed E-state index contributed by atoms with van der Waals surface area (Å²) in [7, 11) is 1.60. The maximum atomic E-state index is 12.5. The number of anilines is 2. The minimum absolute atomic E-state index is 0.0735. The number of likely N-dealkylation sites (tertiary alicyclic amines) is 1. The number of carboxylic acids is 1. The fourth-order valence-corrected chi connectivity index (χ4v) is 3.63. The summed E-state index contributed by atoms with van der Waals surface area (Å²) in [5.74, 6) is -1.29. The Bertz CT molecular complexity index is 736. The number of benzene rings is 1. The van der Waals surface area contributed by atoms with Crippen LogP contribution in [-0.4, -0.2) is 61.3 Å². The summed E-state index contributed by atoms with van der Waals surface area (Å²) in [5, 5.41) is 12.0. The third kappa shape index (κ3) is 4.39. The van der Waals surface area contributed by atoms with Crippen LogP contribution in [0.2, 0.25) is 0 Å². The summed E-state index contributed by atoms with van der Waals surface area (Å²) in [6, 6.07) is 5.21. The number of urea groups is 1. The molecule has 1 saturated heterocycles. The molecule has 1 unspecified atom stereocenters. The largest absolute Gasteiger partial charge is 0.481 e. The Kier molecular flexibility index (Phi) is 5.95. The summed E-state index contributed by atoms with van der Waals surface area (Å²) in [4.78, 5) is 39.1. The molecule has 1 aromatic rings. The van der Waals surface area contributed by atoms with Gasteiger partial charge in [-0.25, -0.2) is 4.79 Å². The van der Waals surface area contributed by atoms with Gasteiger partial charge >= 0.3 is 12.0 Å². The van der Waals surface area contributed by atoms with Crippen LogP contribution in [-0.2, 0) is 20.7 Å². The molecule has 0 aromatic heterocycles. The van der Waals surface area contributed by atoms with Gasteiger partial charge in [0, 0.05) is 44.5 Å². The van der Waals surface area contributed by atoms with Gasteiger partial charge in [0.15, 0.2) is 0 Å². The van der Waals surface area contributed by atoms with Crippen LogP contribution in [0.3, 0.4) is 0 Å². The van der Waals surface area contributed by atoms with Crippen LogP contribution in [0.25, 0.3) is 0 Å². The number of piperidine rings is 1. The average Bonchev–Trinajstić information content (AvgIpc) is 2.67. The quantitative estimate of drug-likeness (QED) is 0.819. The number of carboxylic acid groups (broad SMARTS) is 1. The van der Waals surface area contributed by atoms with E-state index in [0.29, 0.717) is 51.1 Å². The molecule has 2 heterocycles.